The molecule has 0 radical (unpaired) electrons. The van der Waals surface area contributed by atoms with Crippen LogP contribution in [0.1, 0.15) is 6.92 Å². The Morgan fingerprint density at radius 3 is 2.93 bits per heavy atom. The number of anilines is 2. The zero-order valence-electron chi connectivity index (χ0n) is 7.92. The number of aliphatic hydroxyl groups excluding tert-OH is 1. The third kappa shape index (κ3) is 3.01. The van der Waals surface area contributed by atoms with Crippen molar-refractivity contribution in [2.24, 2.45) is 0 Å². The van der Waals surface area contributed by atoms with E-state index in [1.54, 1.807) is 0 Å². The van der Waals surface area contributed by atoms with Crippen molar-refractivity contribution < 1.29 is 5.11 Å². The van der Waals surface area contributed by atoms with Gasteiger partial charge in [-0.15, -0.1) is 0 Å². The molecule has 1 aromatic rings. The molecule has 0 unspecified atom stereocenters. The van der Waals surface area contributed by atoms with Crippen LogP contribution in [0.4, 0.5) is 11.8 Å². The van der Waals surface area contributed by atoms with Crippen molar-refractivity contribution in [2.45, 2.75) is 6.92 Å². The molecule has 0 saturated carbocycles. The molecule has 0 aromatic carbocycles. The van der Waals surface area contributed by atoms with Gasteiger partial charge < -0.3 is 15.7 Å². The highest BCUT2D eigenvalue weighted by molar-refractivity contribution is 6.32. The Kier molecular flexibility index (Phi) is 4.42. The van der Waals surface area contributed by atoms with Gasteiger partial charge in [-0.2, -0.15) is 4.98 Å². The zero-order chi connectivity index (χ0) is 10.4. The van der Waals surface area contributed by atoms with Crippen LogP contribution in [0.2, 0.25) is 5.02 Å². The van der Waals surface area contributed by atoms with Crippen LogP contribution in [0.5, 0.6) is 0 Å². The summed E-state index contributed by atoms with van der Waals surface area (Å²) in [5, 5.41) is 14.9. The molecule has 1 aromatic heterocycles. The van der Waals surface area contributed by atoms with Crippen LogP contribution in [0.3, 0.4) is 0 Å². The van der Waals surface area contributed by atoms with Gasteiger partial charge in [0, 0.05) is 13.1 Å². The summed E-state index contributed by atoms with van der Waals surface area (Å²) in [6.45, 7) is 3.17. The molecule has 0 saturated heterocycles. The minimum atomic E-state index is 0.0386. The first-order valence-corrected chi connectivity index (χ1v) is 4.77. The lowest BCUT2D eigenvalue weighted by atomic mass is 10.5. The molecule has 3 N–H and O–H groups in total. The fraction of sp³-hybridized carbons (Fsp3) is 0.500. The van der Waals surface area contributed by atoms with Crippen molar-refractivity contribution in [1.82, 2.24) is 9.97 Å². The van der Waals surface area contributed by atoms with Gasteiger partial charge in [0.25, 0.3) is 0 Å². The van der Waals surface area contributed by atoms with Crippen molar-refractivity contribution in [3.05, 3.63) is 11.2 Å². The van der Waals surface area contributed by atoms with Crippen LogP contribution in [-0.2, 0) is 0 Å². The number of halogens is 1. The smallest absolute Gasteiger partial charge is 0.224 e. The molecule has 0 aliphatic heterocycles. The van der Waals surface area contributed by atoms with Crippen molar-refractivity contribution in [3.63, 3.8) is 0 Å². The third-order valence-corrected chi connectivity index (χ3v) is 1.76. The van der Waals surface area contributed by atoms with Crippen LogP contribution in [-0.4, -0.2) is 34.8 Å². The van der Waals surface area contributed by atoms with E-state index in [0.717, 1.165) is 6.54 Å². The molecule has 1 heterocycles. The highest BCUT2D eigenvalue weighted by atomic mass is 35.5. The van der Waals surface area contributed by atoms with Gasteiger partial charge in [-0.3, -0.25) is 0 Å². The molecule has 78 valence electrons. The number of hydrogen-bond donors (Lipinski definition) is 3. The van der Waals surface area contributed by atoms with Crippen molar-refractivity contribution in [3.8, 4) is 0 Å². The first kappa shape index (κ1) is 11.0. The molecule has 0 fully saturated rings. The summed E-state index contributed by atoms with van der Waals surface area (Å²) in [5.74, 6) is 1.06. The van der Waals surface area contributed by atoms with Gasteiger partial charge in [-0.1, -0.05) is 11.6 Å². The Labute approximate surface area is 87.5 Å². The van der Waals surface area contributed by atoms with E-state index in [4.69, 9.17) is 16.7 Å². The minimum Gasteiger partial charge on any atom is -0.395 e. The summed E-state index contributed by atoms with van der Waals surface area (Å²) < 4.78 is 0. The molecule has 14 heavy (non-hydrogen) atoms. The molecule has 1 rings (SSSR count). The molecule has 0 bridgehead atoms. The molecular weight excluding hydrogens is 204 g/mol. The lowest BCUT2D eigenvalue weighted by Crippen LogP contribution is -2.10. The second-order valence-corrected chi connectivity index (χ2v) is 2.98. The summed E-state index contributed by atoms with van der Waals surface area (Å²) in [6, 6.07) is 0. The van der Waals surface area contributed by atoms with Gasteiger partial charge in [-0.25, -0.2) is 4.98 Å². The predicted molar refractivity (Wildman–Crippen MR) is 56.8 cm³/mol. The first-order chi connectivity index (χ1) is 6.77. The average Bonchev–Trinajstić information content (AvgIpc) is 2.19. The minimum absolute atomic E-state index is 0.0386. The summed E-state index contributed by atoms with van der Waals surface area (Å²) in [5.41, 5.74) is 0. The normalized spacial score (nSPS) is 9.93. The summed E-state index contributed by atoms with van der Waals surface area (Å²) in [6.07, 6.45) is 1.52. The SMILES string of the molecule is CCNc1ncc(Cl)c(NCCO)n1. The van der Waals surface area contributed by atoms with Crippen LogP contribution in [0, 0.1) is 0 Å². The molecule has 6 heteroatoms. The van der Waals surface area contributed by atoms with E-state index in [1.807, 2.05) is 6.92 Å². The number of aliphatic hydroxyl groups is 1. The number of nitrogens with one attached hydrogen (secondary N) is 2. The van der Waals surface area contributed by atoms with Gasteiger partial charge in [-0.05, 0) is 6.92 Å². The van der Waals surface area contributed by atoms with E-state index in [-0.39, 0.29) is 6.61 Å². The lowest BCUT2D eigenvalue weighted by Gasteiger charge is -2.07. The van der Waals surface area contributed by atoms with Gasteiger partial charge in [0.2, 0.25) is 5.95 Å². The van der Waals surface area contributed by atoms with E-state index in [9.17, 15) is 0 Å². The summed E-state index contributed by atoms with van der Waals surface area (Å²) in [4.78, 5) is 8.10. The van der Waals surface area contributed by atoms with Crippen molar-refractivity contribution >= 4 is 23.4 Å². The molecular formula is C8H13ClN4O. The molecule has 0 aliphatic rings. The monoisotopic (exact) mass is 216 g/mol. The van der Waals surface area contributed by atoms with E-state index in [2.05, 4.69) is 20.6 Å². The number of hydrogen-bond acceptors (Lipinski definition) is 5. The van der Waals surface area contributed by atoms with Gasteiger partial charge in [0.1, 0.15) is 5.02 Å². The van der Waals surface area contributed by atoms with E-state index >= 15 is 0 Å². The maximum absolute atomic E-state index is 8.63. The van der Waals surface area contributed by atoms with Crippen molar-refractivity contribution in [1.29, 1.82) is 0 Å². The zero-order valence-corrected chi connectivity index (χ0v) is 8.67. The van der Waals surface area contributed by atoms with Crippen LogP contribution < -0.4 is 10.6 Å². The average molecular weight is 217 g/mol. The predicted octanol–water partition coefficient (Wildman–Crippen LogP) is 0.966. The van der Waals surface area contributed by atoms with Gasteiger partial charge in [0.15, 0.2) is 5.82 Å². The van der Waals surface area contributed by atoms with Crippen molar-refractivity contribution in [2.75, 3.05) is 30.3 Å². The van der Waals surface area contributed by atoms with Crippen LogP contribution in [0.15, 0.2) is 6.20 Å². The maximum Gasteiger partial charge on any atom is 0.224 e. The summed E-state index contributed by atoms with van der Waals surface area (Å²) >= 11 is 5.84. The molecule has 0 aliphatic carbocycles. The fourth-order valence-corrected chi connectivity index (χ4v) is 1.07. The topological polar surface area (TPSA) is 70.1 Å². The number of nitrogens with zero attached hydrogens (tertiary/aromatic N) is 2. The van der Waals surface area contributed by atoms with Crippen LogP contribution in [0.25, 0.3) is 0 Å². The van der Waals surface area contributed by atoms with E-state index in [0.29, 0.717) is 23.3 Å². The van der Waals surface area contributed by atoms with E-state index in [1.165, 1.54) is 6.20 Å². The van der Waals surface area contributed by atoms with Gasteiger partial charge in [0.05, 0.1) is 12.8 Å². The highest BCUT2D eigenvalue weighted by Gasteiger charge is 2.03. The standard InChI is InChI=1S/C8H13ClN4O/c1-2-10-8-12-5-6(9)7(13-8)11-3-4-14/h5,14H,2-4H2,1H3,(H2,10,11,12,13). The van der Waals surface area contributed by atoms with Crippen LogP contribution >= 0.6 is 11.6 Å². The molecule has 0 amide bonds. The second kappa shape index (κ2) is 5.62. The fourth-order valence-electron chi connectivity index (χ4n) is 0.909. The largest absolute Gasteiger partial charge is 0.395 e. The summed E-state index contributed by atoms with van der Waals surface area (Å²) in [7, 11) is 0. The van der Waals surface area contributed by atoms with E-state index < -0.39 is 0 Å². The Morgan fingerprint density at radius 2 is 2.29 bits per heavy atom. The Hall–Kier alpha value is -1.07. The first-order valence-electron chi connectivity index (χ1n) is 4.39. The Morgan fingerprint density at radius 1 is 1.50 bits per heavy atom. The molecule has 0 atom stereocenters. The Balaban J connectivity index is 2.74. The van der Waals surface area contributed by atoms with Gasteiger partial charge >= 0.3 is 0 Å². The Bertz CT molecular complexity index is 295. The lowest BCUT2D eigenvalue weighted by molar-refractivity contribution is 0.311. The highest BCUT2D eigenvalue weighted by Crippen LogP contribution is 2.18. The quantitative estimate of drug-likeness (QED) is 0.684. The maximum atomic E-state index is 8.63. The third-order valence-electron chi connectivity index (χ3n) is 1.48. The second-order valence-electron chi connectivity index (χ2n) is 2.57. The molecule has 0 spiro atoms. The number of rotatable bonds is 5. The number of aromatic nitrogens is 2. The molecule has 5 nitrogen and oxygen atoms in total.